The molecule has 10 heteroatoms. The summed E-state index contributed by atoms with van der Waals surface area (Å²) in [5.41, 5.74) is 2.09. The number of nitrogens with zero attached hydrogens (tertiary/aromatic N) is 3. The maximum absolute atomic E-state index is 13.1. The van der Waals surface area contributed by atoms with Crippen LogP contribution in [-0.4, -0.2) is 54.4 Å². The Morgan fingerprint density at radius 3 is 2.20 bits per heavy atom. The summed E-state index contributed by atoms with van der Waals surface area (Å²) in [6, 6.07) is 18.6. The number of anilines is 3. The summed E-state index contributed by atoms with van der Waals surface area (Å²) in [7, 11) is 0. The quantitative estimate of drug-likeness (QED) is 0.397. The number of amides is 2. The van der Waals surface area contributed by atoms with E-state index in [0.717, 1.165) is 5.69 Å². The van der Waals surface area contributed by atoms with E-state index < -0.39 is 16.6 Å². The van der Waals surface area contributed by atoms with Crippen molar-refractivity contribution in [3.63, 3.8) is 0 Å². The fourth-order valence-corrected chi connectivity index (χ4v) is 3.86. The third-order valence-corrected chi connectivity index (χ3v) is 5.71. The van der Waals surface area contributed by atoms with Crippen molar-refractivity contribution in [1.29, 1.82) is 0 Å². The smallest absolute Gasteiger partial charge is 0.269 e. The Morgan fingerprint density at radius 2 is 1.54 bits per heavy atom. The van der Waals surface area contributed by atoms with Gasteiger partial charge in [-0.2, -0.15) is 0 Å². The van der Waals surface area contributed by atoms with E-state index in [1.165, 1.54) is 36.4 Å². The molecule has 2 N–H and O–H groups in total. The lowest BCUT2D eigenvalue weighted by atomic mass is 10.1. The van der Waals surface area contributed by atoms with Gasteiger partial charge in [-0.3, -0.25) is 24.6 Å². The van der Waals surface area contributed by atoms with Gasteiger partial charge in [-0.05, 0) is 48.5 Å². The fourth-order valence-electron chi connectivity index (χ4n) is 3.86. The lowest BCUT2D eigenvalue weighted by molar-refractivity contribution is -0.384. The minimum absolute atomic E-state index is 0.0516. The lowest BCUT2D eigenvalue weighted by Gasteiger charge is -2.35. The molecule has 0 radical (unpaired) electrons. The van der Waals surface area contributed by atoms with Gasteiger partial charge < -0.3 is 15.5 Å². The Bertz CT molecular complexity index is 1210. The predicted molar refractivity (Wildman–Crippen MR) is 131 cm³/mol. The van der Waals surface area contributed by atoms with Gasteiger partial charge in [0.25, 0.3) is 11.6 Å². The molecular weight excluding hydrogens is 453 g/mol. The minimum atomic E-state index is -0.426. The number of piperazine rings is 1. The number of nitro benzene ring substituents is 1. The number of benzene rings is 3. The van der Waals surface area contributed by atoms with Crippen molar-refractivity contribution < 1.29 is 18.9 Å². The van der Waals surface area contributed by atoms with Crippen LogP contribution in [0, 0.1) is 15.9 Å². The molecule has 0 aromatic heterocycles. The monoisotopic (exact) mass is 477 g/mol. The zero-order valence-corrected chi connectivity index (χ0v) is 18.8. The molecule has 2 amide bonds. The maximum atomic E-state index is 13.1. The Labute approximate surface area is 201 Å². The summed E-state index contributed by atoms with van der Waals surface area (Å²) < 4.78 is 13.1. The number of hydrogen-bond acceptors (Lipinski definition) is 6. The van der Waals surface area contributed by atoms with Crippen molar-refractivity contribution in [1.82, 2.24) is 4.90 Å². The van der Waals surface area contributed by atoms with E-state index in [-0.39, 0.29) is 18.1 Å². The molecule has 0 bridgehead atoms. The summed E-state index contributed by atoms with van der Waals surface area (Å²) in [6.45, 7) is 2.83. The Balaban J connectivity index is 1.31. The van der Waals surface area contributed by atoms with E-state index in [9.17, 15) is 24.1 Å². The van der Waals surface area contributed by atoms with Crippen LogP contribution in [0.3, 0.4) is 0 Å². The van der Waals surface area contributed by atoms with Crippen LogP contribution in [0.1, 0.15) is 10.4 Å². The molecule has 0 saturated carbocycles. The van der Waals surface area contributed by atoms with Crippen molar-refractivity contribution >= 4 is 34.6 Å². The number of rotatable bonds is 7. The van der Waals surface area contributed by atoms with Gasteiger partial charge in [0.2, 0.25) is 5.91 Å². The third kappa shape index (κ3) is 6.18. The number of para-hydroxylation sites is 1. The predicted octanol–water partition coefficient (Wildman–Crippen LogP) is 3.75. The number of non-ortho nitro benzene ring substituents is 1. The second-order valence-corrected chi connectivity index (χ2v) is 8.09. The van der Waals surface area contributed by atoms with Gasteiger partial charge in [-0.1, -0.05) is 12.1 Å². The van der Waals surface area contributed by atoms with E-state index in [1.54, 1.807) is 36.4 Å². The van der Waals surface area contributed by atoms with Crippen molar-refractivity contribution in [2.45, 2.75) is 0 Å². The first-order valence-electron chi connectivity index (χ1n) is 11.1. The molecule has 0 spiro atoms. The van der Waals surface area contributed by atoms with Crippen LogP contribution in [-0.2, 0) is 4.79 Å². The molecule has 3 aromatic rings. The lowest BCUT2D eigenvalue weighted by Crippen LogP contribution is -2.48. The van der Waals surface area contributed by atoms with E-state index in [1.807, 2.05) is 4.90 Å². The molecule has 3 aromatic carbocycles. The minimum Gasteiger partial charge on any atom is -0.369 e. The Kier molecular flexibility index (Phi) is 7.32. The van der Waals surface area contributed by atoms with Crippen LogP contribution < -0.4 is 15.5 Å². The van der Waals surface area contributed by atoms with E-state index in [4.69, 9.17) is 0 Å². The molecule has 35 heavy (non-hydrogen) atoms. The van der Waals surface area contributed by atoms with Gasteiger partial charge in [-0.15, -0.1) is 0 Å². The second kappa shape index (κ2) is 10.7. The van der Waals surface area contributed by atoms with E-state index in [0.29, 0.717) is 43.1 Å². The Morgan fingerprint density at radius 1 is 0.886 bits per heavy atom. The highest BCUT2D eigenvalue weighted by Gasteiger charge is 2.21. The number of hydrogen-bond donors (Lipinski definition) is 2. The SMILES string of the molecule is O=C(CN1CCN(c2ccc([N+](=O)[O-])cc2)CC1)Nc1ccccc1C(=O)Nc1ccc(F)cc1. The van der Waals surface area contributed by atoms with Crippen LogP contribution >= 0.6 is 0 Å². The molecule has 1 aliphatic heterocycles. The van der Waals surface area contributed by atoms with Crippen LogP contribution in [0.4, 0.5) is 27.1 Å². The molecular formula is C25H24FN5O4. The van der Waals surface area contributed by atoms with Crippen molar-refractivity contribution in [2.24, 2.45) is 0 Å². The average molecular weight is 477 g/mol. The molecule has 1 aliphatic rings. The zero-order valence-electron chi connectivity index (χ0n) is 18.8. The highest BCUT2D eigenvalue weighted by atomic mass is 19.1. The van der Waals surface area contributed by atoms with E-state index in [2.05, 4.69) is 15.5 Å². The van der Waals surface area contributed by atoms with Crippen LogP contribution in [0.15, 0.2) is 72.8 Å². The summed E-state index contributed by atoms with van der Waals surface area (Å²) in [4.78, 5) is 39.9. The number of nitrogens with one attached hydrogen (secondary N) is 2. The molecule has 4 rings (SSSR count). The summed E-state index contributed by atoms with van der Waals surface area (Å²) >= 11 is 0. The van der Waals surface area contributed by atoms with Gasteiger partial charge in [0.1, 0.15) is 5.82 Å². The van der Waals surface area contributed by atoms with Crippen molar-refractivity contribution in [3.05, 3.63) is 94.3 Å². The molecule has 1 heterocycles. The molecule has 0 atom stereocenters. The maximum Gasteiger partial charge on any atom is 0.269 e. The molecule has 0 aliphatic carbocycles. The number of carbonyl (C=O) groups excluding carboxylic acids is 2. The second-order valence-electron chi connectivity index (χ2n) is 8.09. The standard InChI is InChI=1S/C25H24FN5O4/c26-18-5-7-19(8-6-18)27-25(33)22-3-1-2-4-23(22)28-24(32)17-29-13-15-30(16-14-29)20-9-11-21(12-10-20)31(34)35/h1-12H,13-17H2,(H,27,33)(H,28,32). The van der Waals surface area contributed by atoms with Gasteiger partial charge in [0.05, 0.1) is 22.7 Å². The summed E-state index contributed by atoms with van der Waals surface area (Å²) in [6.07, 6.45) is 0. The van der Waals surface area contributed by atoms with Gasteiger partial charge >= 0.3 is 0 Å². The first-order valence-corrected chi connectivity index (χ1v) is 11.1. The highest BCUT2D eigenvalue weighted by molar-refractivity contribution is 6.10. The number of nitro groups is 1. The molecule has 1 saturated heterocycles. The van der Waals surface area contributed by atoms with Gasteiger partial charge in [0.15, 0.2) is 0 Å². The normalized spacial score (nSPS) is 13.8. The first-order chi connectivity index (χ1) is 16.9. The van der Waals surface area contributed by atoms with Crippen LogP contribution in [0.2, 0.25) is 0 Å². The van der Waals surface area contributed by atoms with Crippen LogP contribution in [0.25, 0.3) is 0 Å². The first kappa shape index (κ1) is 23.8. The van der Waals surface area contributed by atoms with Crippen molar-refractivity contribution in [2.75, 3.05) is 48.3 Å². The van der Waals surface area contributed by atoms with Crippen molar-refractivity contribution in [3.8, 4) is 0 Å². The average Bonchev–Trinajstić information content (AvgIpc) is 2.86. The zero-order chi connectivity index (χ0) is 24.8. The molecule has 9 nitrogen and oxygen atoms in total. The molecule has 1 fully saturated rings. The van der Waals surface area contributed by atoms with Gasteiger partial charge in [0, 0.05) is 49.7 Å². The summed E-state index contributed by atoms with van der Waals surface area (Å²) in [5, 5.41) is 16.3. The topological polar surface area (TPSA) is 108 Å². The Hall–Kier alpha value is -4.31. The highest BCUT2D eigenvalue weighted by Crippen LogP contribution is 2.21. The molecule has 0 unspecified atom stereocenters. The number of halogens is 1. The third-order valence-electron chi connectivity index (χ3n) is 5.71. The number of carbonyl (C=O) groups is 2. The summed E-state index contributed by atoms with van der Waals surface area (Å²) in [5.74, 6) is -1.05. The molecule has 180 valence electrons. The van der Waals surface area contributed by atoms with E-state index >= 15 is 0 Å². The van der Waals surface area contributed by atoms with Crippen LogP contribution in [0.5, 0.6) is 0 Å². The fraction of sp³-hybridized carbons (Fsp3) is 0.200. The van der Waals surface area contributed by atoms with Gasteiger partial charge in [-0.25, -0.2) is 4.39 Å². The largest absolute Gasteiger partial charge is 0.369 e.